The fourth-order valence-corrected chi connectivity index (χ4v) is 1.29. The lowest BCUT2D eigenvalue weighted by atomic mass is 10.1. The molecule has 0 aliphatic carbocycles. The molecule has 0 amide bonds. The van der Waals surface area contributed by atoms with E-state index in [-0.39, 0.29) is 0 Å². The molecule has 0 N–H and O–H groups in total. The van der Waals surface area contributed by atoms with Gasteiger partial charge in [0.1, 0.15) is 0 Å². The topological polar surface area (TPSA) is 0 Å². The van der Waals surface area contributed by atoms with Crippen molar-refractivity contribution in [3.8, 4) is 11.1 Å². The summed E-state index contributed by atoms with van der Waals surface area (Å²) in [6, 6.07) is 10.5. The van der Waals surface area contributed by atoms with Gasteiger partial charge in [0.25, 0.3) is 0 Å². The first-order chi connectivity index (χ1) is 5.27. The minimum absolute atomic E-state index is 1.01. The molecule has 0 saturated carbocycles. The number of hydrogen-bond acceptors (Lipinski definition) is 1. The van der Waals surface area contributed by atoms with Crippen molar-refractivity contribution in [2.45, 2.75) is 6.92 Å². The van der Waals surface area contributed by atoms with Crippen molar-refractivity contribution < 1.29 is 0 Å². The summed E-state index contributed by atoms with van der Waals surface area (Å²) in [5.41, 5.74) is 3.78. The van der Waals surface area contributed by atoms with Gasteiger partial charge < -0.3 is 0 Å². The summed E-state index contributed by atoms with van der Waals surface area (Å²) in [4.78, 5) is 0. The molecule has 2 aromatic carbocycles. The molecule has 11 heavy (non-hydrogen) atoms. The van der Waals surface area contributed by atoms with Crippen LogP contribution in [0.15, 0.2) is 30.3 Å². The maximum absolute atomic E-state index is 4.99. The molecule has 54 valence electrons. The first-order valence-corrected chi connectivity index (χ1v) is 4.01. The van der Waals surface area contributed by atoms with E-state index < -0.39 is 0 Å². The van der Waals surface area contributed by atoms with Gasteiger partial charge in [-0.3, -0.25) is 0 Å². The van der Waals surface area contributed by atoms with E-state index in [0.29, 0.717) is 0 Å². The average Bonchev–Trinajstić information content (AvgIpc) is 2.69. The van der Waals surface area contributed by atoms with Gasteiger partial charge >= 0.3 is 0 Å². The van der Waals surface area contributed by atoms with Gasteiger partial charge in [-0.1, -0.05) is 42.0 Å². The summed E-state index contributed by atoms with van der Waals surface area (Å²) in [5.74, 6) is 0. The molecule has 0 saturated heterocycles. The van der Waals surface area contributed by atoms with Crippen LogP contribution in [0.5, 0.6) is 0 Å². The van der Waals surface area contributed by atoms with E-state index in [9.17, 15) is 0 Å². The summed E-state index contributed by atoms with van der Waals surface area (Å²) in [6.45, 7) is 2.09. The molecule has 0 bridgehead atoms. The smallest absolute Gasteiger partial charge is 0.0462 e. The third kappa shape index (κ3) is 1.24. The molecule has 0 nitrogen and oxygen atoms in total. The highest BCUT2D eigenvalue weighted by Crippen LogP contribution is 2.27. The highest BCUT2D eigenvalue weighted by atomic mass is 32.1. The van der Waals surface area contributed by atoms with E-state index in [4.69, 9.17) is 12.2 Å². The predicted molar refractivity (Wildman–Crippen MR) is 49.8 cm³/mol. The summed E-state index contributed by atoms with van der Waals surface area (Å²) in [7, 11) is 0. The molecule has 0 atom stereocenters. The summed E-state index contributed by atoms with van der Waals surface area (Å²) in [5, 5.41) is 0. The number of benzene rings is 1. The summed E-state index contributed by atoms with van der Waals surface area (Å²) in [6.07, 6.45) is 0. The van der Waals surface area contributed by atoms with Crippen molar-refractivity contribution in [2.24, 2.45) is 0 Å². The second-order valence-electron chi connectivity index (χ2n) is 2.79. The first-order valence-electron chi connectivity index (χ1n) is 3.60. The lowest BCUT2D eigenvalue weighted by Gasteiger charge is -1.92. The molecule has 0 aliphatic rings. The first kappa shape index (κ1) is 6.74. The van der Waals surface area contributed by atoms with E-state index in [1.807, 2.05) is 6.07 Å². The minimum Gasteiger partial charge on any atom is -0.0794 e. The molecular weight excluding hydrogens is 152 g/mol. The minimum atomic E-state index is 1.01. The van der Waals surface area contributed by atoms with Crippen LogP contribution >= 0.6 is 12.2 Å². The number of aryl methyl sites for hydroxylation is 1. The predicted octanol–water partition coefficient (Wildman–Crippen LogP) is 3.27. The average molecular weight is 160 g/mol. The van der Waals surface area contributed by atoms with Crippen LogP contribution in [-0.4, -0.2) is 0 Å². The molecule has 0 unspecified atom stereocenters. The van der Waals surface area contributed by atoms with Crippen molar-refractivity contribution in [1.82, 2.24) is 0 Å². The fourth-order valence-electron chi connectivity index (χ4n) is 1.05. The molecule has 0 spiro atoms. The maximum Gasteiger partial charge on any atom is 0.0462 e. The SMILES string of the molecule is Cc1ccc(-c2cc2=S)cc1. The Morgan fingerprint density at radius 3 is 2.09 bits per heavy atom. The Bertz CT molecular complexity index is 375. The number of hydrogen-bond donors (Lipinski definition) is 0. The molecular formula is C10H8S. The summed E-state index contributed by atoms with van der Waals surface area (Å²) < 4.78 is 1.01. The Morgan fingerprint density at radius 1 is 1.09 bits per heavy atom. The van der Waals surface area contributed by atoms with E-state index in [1.54, 1.807) is 0 Å². The number of rotatable bonds is 1. The highest BCUT2D eigenvalue weighted by Gasteiger charge is 2.05. The molecule has 0 aromatic heterocycles. The largest absolute Gasteiger partial charge is 0.0794 e. The van der Waals surface area contributed by atoms with Crippen LogP contribution in [0.2, 0.25) is 0 Å². The van der Waals surface area contributed by atoms with Crippen LogP contribution in [-0.2, 0) is 0 Å². The second kappa shape index (κ2) is 2.28. The molecule has 2 rings (SSSR count). The zero-order chi connectivity index (χ0) is 7.84. The lowest BCUT2D eigenvalue weighted by Crippen LogP contribution is -1.70. The third-order valence-corrected chi connectivity index (χ3v) is 2.16. The Hall–Kier alpha value is -0.950. The Labute approximate surface area is 71.2 Å². The second-order valence-corrected chi connectivity index (χ2v) is 3.23. The lowest BCUT2D eigenvalue weighted by molar-refractivity contribution is 1.48. The van der Waals surface area contributed by atoms with Gasteiger partial charge in [0.05, 0.1) is 0 Å². The molecule has 0 heterocycles. The van der Waals surface area contributed by atoms with Gasteiger partial charge in [0.15, 0.2) is 0 Å². The van der Waals surface area contributed by atoms with Gasteiger partial charge in [-0.15, -0.1) is 0 Å². The molecule has 0 radical (unpaired) electrons. The van der Waals surface area contributed by atoms with Crippen LogP contribution in [0.25, 0.3) is 11.1 Å². The van der Waals surface area contributed by atoms with Crippen molar-refractivity contribution >= 4 is 12.2 Å². The van der Waals surface area contributed by atoms with Gasteiger partial charge in [0.2, 0.25) is 0 Å². The van der Waals surface area contributed by atoms with Crippen molar-refractivity contribution in [3.05, 3.63) is 40.4 Å². The van der Waals surface area contributed by atoms with Crippen molar-refractivity contribution in [3.63, 3.8) is 0 Å². The summed E-state index contributed by atoms with van der Waals surface area (Å²) >= 11 is 4.99. The monoisotopic (exact) mass is 160 g/mol. The van der Waals surface area contributed by atoms with Gasteiger partial charge in [-0.05, 0) is 18.6 Å². The molecule has 0 aliphatic heterocycles. The van der Waals surface area contributed by atoms with E-state index in [1.165, 1.54) is 16.7 Å². The molecule has 0 fully saturated rings. The van der Waals surface area contributed by atoms with Crippen LogP contribution in [0.3, 0.4) is 0 Å². The van der Waals surface area contributed by atoms with Crippen LogP contribution in [0.1, 0.15) is 5.56 Å². The van der Waals surface area contributed by atoms with E-state index >= 15 is 0 Å². The Morgan fingerprint density at radius 2 is 1.64 bits per heavy atom. The van der Waals surface area contributed by atoms with E-state index in [0.717, 1.165) is 4.51 Å². The highest BCUT2D eigenvalue weighted by molar-refractivity contribution is 7.71. The van der Waals surface area contributed by atoms with E-state index in [2.05, 4.69) is 31.2 Å². The van der Waals surface area contributed by atoms with Gasteiger partial charge in [-0.2, -0.15) is 0 Å². The Balaban J connectivity index is 2.43. The zero-order valence-electron chi connectivity index (χ0n) is 6.29. The van der Waals surface area contributed by atoms with Crippen molar-refractivity contribution in [2.75, 3.05) is 0 Å². The Kier molecular flexibility index (Phi) is 1.40. The maximum atomic E-state index is 4.99. The molecule has 2 aromatic rings. The van der Waals surface area contributed by atoms with Gasteiger partial charge in [0, 0.05) is 10.1 Å². The quantitative estimate of drug-likeness (QED) is 0.577. The third-order valence-electron chi connectivity index (χ3n) is 1.82. The fraction of sp³-hybridized carbons (Fsp3) is 0.100. The zero-order valence-corrected chi connectivity index (χ0v) is 7.11. The van der Waals surface area contributed by atoms with Crippen LogP contribution in [0.4, 0.5) is 0 Å². The van der Waals surface area contributed by atoms with Gasteiger partial charge in [-0.25, -0.2) is 0 Å². The standard InChI is InChI=1S/C10H8S/c1-7-2-4-8(5-3-7)9-6-10(9)11/h2-6H,1H3. The normalized spacial score (nSPS) is 10.6. The molecule has 1 heteroatoms. The van der Waals surface area contributed by atoms with Crippen LogP contribution in [0, 0.1) is 11.4 Å². The van der Waals surface area contributed by atoms with Crippen LogP contribution < -0.4 is 0 Å². The van der Waals surface area contributed by atoms with Crippen molar-refractivity contribution in [1.29, 1.82) is 0 Å².